The molecule has 7 heteroatoms. The number of urea groups is 1. The highest BCUT2D eigenvalue weighted by Crippen LogP contribution is 2.17. The molecule has 26 heavy (non-hydrogen) atoms. The SMILES string of the molecule is CCOc1ccc(C(C)NC(=O)NCCOc2ccc(F)c(F)c2)cc1. The third-order valence-electron chi connectivity index (χ3n) is 3.59. The lowest BCUT2D eigenvalue weighted by Gasteiger charge is -2.16. The molecule has 140 valence electrons. The quantitative estimate of drug-likeness (QED) is 0.701. The molecular formula is C19H22F2N2O3. The molecule has 2 rings (SSSR count). The fourth-order valence-electron chi connectivity index (χ4n) is 2.25. The molecule has 0 saturated carbocycles. The molecular weight excluding hydrogens is 342 g/mol. The Bertz CT molecular complexity index is 723. The van der Waals surface area contributed by atoms with Gasteiger partial charge in [-0.1, -0.05) is 12.1 Å². The second kappa shape index (κ2) is 9.60. The molecule has 2 amide bonds. The van der Waals surface area contributed by atoms with Crippen LogP contribution in [0.15, 0.2) is 42.5 Å². The zero-order valence-corrected chi connectivity index (χ0v) is 14.7. The highest BCUT2D eigenvalue weighted by Gasteiger charge is 2.09. The Hall–Kier alpha value is -2.83. The van der Waals surface area contributed by atoms with E-state index in [2.05, 4.69) is 10.6 Å². The first-order valence-electron chi connectivity index (χ1n) is 8.34. The maximum absolute atomic E-state index is 13.0. The van der Waals surface area contributed by atoms with Gasteiger partial charge in [0.05, 0.1) is 19.2 Å². The van der Waals surface area contributed by atoms with E-state index in [1.165, 1.54) is 6.07 Å². The van der Waals surface area contributed by atoms with Crippen molar-refractivity contribution in [2.45, 2.75) is 19.9 Å². The van der Waals surface area contributed by atoms with E-state index in [0.717, 1.165) is 23.4 Å². The van der Waals surface area contributed by atoms with Crippen molar-refractivity contribution in [1.29, 1.82) is 0 Å². The van der Waals surface area contributed by atoms with Gasteiger partial charge in [0.1, 0.15) is 18.1 Å². The molecule has 0 aliphatic heterocycles. The lowest BCUT2D eigenvalue weighted by atomic mass is 10.1. The van der Waals surface area contributed by atoms with Gasteiger partial charge in [0.2, 0.25) is 0 Å². The Morgan fingerprint density at radius 3 is 2.38 bits per heavy atom. The van der Waals surface area contributed by atoms with Gasteiger partial charge in [-0.05, 0) is 43.7 Å². The summed E-state index contributed by atoms with van der Waals surface area (Å²) in [6.07, 6.45) is 0. The number of amides is 2. The highest BCUT2D eigenvalue weighted by molar-refractivity contribution is 5.74. The van der Waals surface area contributed by atoms with E-state index in [4.69, 9.17) is 9.47 Å². The van der Waals surface area contributed by atoms with Crippen LogP contribution in [0.2, 0.25) is 0 Å². The molecule has 5 nitrogen and oxygen atoms in total. The van der Waals surface area contributed by atoms with Crippen LogP contribution in [0.4, 0.5) is 13.6 Å². The van der Waals surface area contributed by atoms with Gasteiger partial charge in [-0.25, -0.2) is 13.6 Å². The Kier molecular flexibility index (Phi) is 7.20. The van der Waals surface area contributed by atoms with Crippen LogP contribution in [-0.4, -0.2) is 25.8 Å². The normalized spacial score (nSPS) is 11.5. The molecule has 2 N–H and O–H groups in total. The molecule has 0 aliphatic carbocycles. The van der Waals surface area contributed by atoms with Crippen molar-refractivity contribution >= 4 is 6.03 Å². The van der Waals surface area contributed by atoms with Crippen molar-refractivity contribution in [1.82, 2.24) is 10.6 Å². The van der Waals surface area contributed by atoms with Crippen molar-refractivity contribution in [3.8, 4) is 11.5 Å². The second-order valence-corrected chi connectivity index (χ2v) is 5.55. The van der Waals surface area contributed by atoms with E-state index in [1.54, 1.807) is 0 Å². The van der Waals surface area contributed by atoms with Crippen LogP contribution in [-0.2, 0) is 0 Å². The molecule has 0 fully saturated rings. The van der Waals surface area contributed by atoms with Crippen LogP contribution >= 0.6 is 0 Å². The number of rotatable bonds is 8. The minimum atomic E-state index is -0.975. The van der Waals surface area contributed by atoms with Gasteiger partial charge in [0.15, 0.2) is 11.6 Å². The standard InChI is InChI=1S/C19H22F2N2O3/c1-3-25-15-6-4-14(5-7-15)13(2)23-19(24)22-10-11-26-16-8-9-17(20)18(21)12-16/h4-9,12-13H,3,10-11H2,1-2H3,(H2,22,23,24). The molecule has 0 saturated heterocycles. The number of halogens is 2. The van der Waals surface area contributed by atoms with Gasteiger partial charge < -0.3 is 20.1 Å². The van der Waals surface area contributed by atoms with Crippen LogP contribution < -0.4 is 20.1 Å². The molecule has 0 heterocycles. The van der Waals surface area contributed by atoms with E-state index in [9.17, 15) is 13.6 Å². The Balaban J connectivity index is 1.71. The van der Waals surface area contributed by atoms with Gasteiger partial charge in [0, 0.05) is 6.07 Å². The molecule has 0 aliphatic rings. The van der Waals surface area contributed by atoms with Crippen LogP contribution in [0.25, 0.3) is 0 Å². The maximum Gasteiger partial charge on any atom is 0.315 e. The largest absolute Gasteiger partial charge is 0.494 e. The average Bonchev–Trinajstić information content (AvgIpc) is 2.62. The number of carbonyl (C=O) groups excluding carboxylic acids is 1. The summed E-state index contributed by atoms with van der Waals surface area (Å²) in [4.78, 5) is 11.9. The number of benzene rings is 2. The van der Waals surface area contributed by atoms with Gasteiger partial charge in [-0.3, -0.25) is 0 Å². The minimum Gasteiger partial charge on any atom is -0.494 e. The van der Waals surface area contributed by atoms with Crippen LogP contribution in [0, 0.1) is 11.6 Å². The fraction of sp³-hybridized carbons (Fsp3) is 0.316. The molecule has 0 spiro atoms. The van der Waals surface area contributed by atoms with Crippen molar-refractivity contribution in [2.75, 3.05) is 19.8 Å². The van der Waals surface area contributed by atoms with E-state index in [-0.39, 0.29) is 31.0 Å². The molecule has 2 aromatic carbocycles. The number of hydrogen-bond acceptors (Lipinski definition) is 3. The highest BCUT2D eigenvalue weighted by atomic mass is 19.2. The summed E-state index contributed by atoms with van der Waals surface area (Å²) in [5.41, 5.74) is 0.946. The number of carbonyl (C=O) groups is 1. The summed E-state index contributed by atoms with van der Waals surface area (Å²) in [6.45, 7) is 4.74. The summed E-state index contributed by atoms with van der Waals surface area (Å²) in [7, 11) is 0. The molecule has 1 unspecified atom stereocenters. The molecule has 0 bridgehead atoms. The zero-order chi connectivity index (χ0) is 18.9. The van der Waals surface area contributed by atoms with Crippen LogP contribution in [0.1, 0.15) is 25.5 Å². The van der Waals surface area contributed by atoms with Gasteiger partial charge in [0.25, 0.3) is 0 Å². The van der Waals surface area contributed by atoms with Gasteiger partial charge in [-0.2, -0.15) is 0 Å². The molecule has 2 aromatic rings. The third kappa shape index (κ3) is 5.91. The fourth-order valence-corrected chi connectivity index (χ4v) is 2.25. The van der Waals surface area contributed by atoms with E-state index in [1.807, 2.05) is 38.1 Å². The van der Waals surface area contributed by atoms with Crippen molar-refractivity contribution in [3.63, 3.8) is 0 Å². The summed E-state index contributed by atoms with van der Waals surface area (Å²) in [5.74, 6) is -0.924. The summed E-state index contributed by atoms with van der Waals surface area (Å²) >= 11 is 0. The summed E-state index contributed by atoms with van der Waals surface area (Å²) < 4.78 is 36.5. The Morgan fingerprint density at radius 2 is 1.73 bits per heavy atom. The second-order valence-electron chi connectivity index (χ2n) is 5.55. The van der Waals surface area contributed by atoms with Crippen molar-refractivity contribution < 1.29 is 23.0 Å². The first-order valence-corrected chi connectivity index (χ1v) is 8.34. The first kappa shape index (κ1) is 19.5. The zero-order valence-electron chi connectivity index (χ0n) is 14.7. The van der Waals surface area contributed by atoms with Crippen LogP contribution in [0.5, 0.6) is 11.5 Å². The minimum absolute atomic E-state index is 0.135. The Labute approximate surface area is 151 Å². The predicted molar refractivity (Wildman–Crippen MR) is 94.4 cm³/mol. The van der Waals surface area contributed by atoms with E-state index < -0.39 is 11.6 Å². The van der Waals surface area contributed by atoms with Gasteiger partial charge >= 0.3 is 6.03 Å². The van der Waals surface area contributed by atoms with E-state index >= 15 is 0 Å². The summed E-state index contributed by atoms with van der Waals surface area (Å²) in [5, 5.41) is 5.45. The number of hydrogen-bond donors (Lipinski definition) is 2. The molecule has 1 atom stereocenters. The lowest BCUT2D eigenvalue weighted by molar-refractivity contribution is 0.233. The topological polar surface area (TPSA) is 59.6 Å². The summed E-state index contributed by atoms with van der Waals surface area (Å²) in [6, 6.07) is 10.2. The number of nitrogens with one attached hydrogen (secondary N) is 2. The first-order chi connectivity index (χ1) is 12.5. The maximum atomic E-state index is 13.0. The predicted octanol–water partition coefficient (Wildman–Crippen LogP) is 3.80. The monoisotopic (exact) mass is 364 g/mol. The average molecular weight is 364 g/mol. The van der Waals surface area contributed by atoms with Crippen LogP contribution in [0.3, 0.4) is 0 Å². The molecule has 0 aromatic heterocycles. The molecule has 0 radical (unpaired) electrons. The van der Waals surface area contributed by atoms with Crippen molar-refractivity contribution in [2.24, 2.45) is 0 Å². The smallest absolute Gasteiger partial charge is 0.315 e. The Morgan fingerprint density at radius 1 is 1.04 bits per heavy atom. The van der Waals surface area contributed by atoms with Gasteiger partial charge in [-0.15, -0.1) is 0 Å². The van der Waals surface area contributed by atoms with E-state index in [0.29, 0.717) is 6.61 Å². The lowest BCUT2D eigenvalue weighted by Crippen LogP contribution is -2.38. The number of ether oxygens (including phenoxy) is 2. The third-order valence-corrected chi connectivity index (χ3v) is 3.59. The van der Waals surface area contributed by atoms with Crippen molar-refractivity contribution in [3.05, 3.63) is 59.7 Å².